The van der Waals surface area contributed by atoms with Crippen molar-refractivity contribution in [2.75, 3.05) is 27.2 Å². The summed E-state index contributed by atoms with van der Waals surface area (Å²) in [6.45, 7) is 2.86. The maximum atomic E-state index is 11.7. The second-order valence-corrected chi connectivity index (χ2v) is 9.70. The molecular formula is C20H33N5O2S. The highest BCUT2D eigenvalue weighted by Gasteiger charge is 2.30. The van der Waals surface area contributed by atoms with Crippen LogP contribution in [0.5, 0.6) is 0 Å². The van der Waals surface area contributed by atoms with E-state index in [-0.39, 0.29) is 5.75 Å². The van der Waals surface area contributed by atoms with Gasteiger partial charge in [0.1, 0.15) is 0 Å². The van der Waals surface area contributed by atoms with Gasteiger partial charge in [0.15, 0.2) is 5.96 Å². The second kappa shape index (κ2) is 9.71. The molecule has 1 heterocycles. The lowest BCUT2D eigenvalue weighted by atomic mass is 10.1. The lowest BCUT2D eigenvalue weighted by molar-refractivity contribution is 0.242. The van der Waals surface area contributed by atoms with Gasteiger partial charge < -0.3 is 10.6 Å². The normalized spacial score (nSPS) is 21.9. The fourth-order valence-electron chi connectivity index (χ4n) is 4.20. The van der Waals surface area contributed by atoms with E-state index in [1.54, 1.807) is 7.05 Å². The predicted octanol–water partition coefficient (Wildman–Crippen LogP) is 1.42. The summed E-state index contributed by atoms with van der Waals surface area (Å²) in [5.74, 6) is 0.787. The molecule has 1 atom stereocenters. The SMILES string of the molecule is CN=C(NCc1cccc(CS(=O)(=O)NC)c1)NC1CCN(C2CCCC2)C1. The Hall–Kier alpha value is -1.64. The predicted molar refractivity (Wildman–Crippen MR) is 114 cm³/mol. The van der Waals surface area contributed by atoms with Gasteiger partial charge in [-0.05, 0) is 37.4 Å². The van der Waals surface area contributed by atoms with Crippen LogP contribution in [0.15, 0.2) is 29.3 Å². The molecule has 8 heteroatoms. The van der Waals surface area contributed by atoms with Crippen LogP contribution in [0, 0.1) is 0 Å². The molecule has 1 saturated carbocycles. The largest absolute Gasteiger partial charge is 0.352 e. The van der Waals surface area contributed by atoms with Crippen molar-refractivity contribution < 1.29 is 8.42 Å². The molecule has 1 aromatic carbocycles. The Labute approximate surface area is 169 Å². The maximum absolute atomic E-state index is 11.7. The molecule has 0 spiro atoms. The van der Waals surface area contributed by atoms with E-state index in [9.17, 15) is 8.42 Å². The molecular weight excluding hydrogens is 374 g/mol. The van der Waals surface area contributed by atoms with Crippen LogP contribution < -0.4 is 15.4 Å². The number of nitrogens with one attached hydrogen (secondary N) is 3. The van der Waals surface area contributed by atoms with Crippen molar-refractivity contribution in [3.63, 3.8) is 0 Å². The third kappa shape index (κ3) is 5.93. The molecule has 1 aliphatic carbocycles. The summed E-state index contributed by atoms with van der Waals surface area (Å²) in [7, 11) is -0.0401. The summed E-state index contributed by atoms with van der Waals surface area (Å²) in [5.41, 5.74) is 1.81. The number of likely N-dealkylation sites (tertiary alicyclic amines) is 1. The smallest absolute Gasteiger partial charge is 0.215 e. The highest BCUT2D eigenvalue weighted by Crippen LogP contribution is 2.26. The lowest BCUT2D eigenvalue weighted by Crippen LogP contribution is -2.45. The Balaban J connectivity index is 1.49. The fraction of sp³-hybridized carbons (Fsp3) is 0.650. The number of hydrogen-bond donors (Lipinski definition) is 3. The number of hydrogen-bond acceptors (Lipinski definition) is 4. The first kappa shape index (κ1) is 21.1. The van der Waals surface area contributed by atoms with E-state index >= 15 is 0 Å². The third-order valence-corrected chi connectivity index (χ3v) is 7.08. The van der Waals surface area contributed by atoms with Crippen molar-refractivity contribution in [2.45, 2.75) is 56.5 Å². The van der Waals surface area contributed by atoms with E-state index in [2.05, 4.69) is 25.2 Å². The van der Waals surface area contributed by atoms with E-state index in [1.165, 1.54) is 39.3 Å². The minimum absolute atomic E-state index is 0.0105. The van der Waals surface area contributed by atoms with E-state index in [0.29, 0.717) is 12.6 Å². The number of benzene rings is 1. The molecule has 7 nitrogen and oxygen atoms in total. The first-order valence-corrected chi connectivity index (χ1v) is 11.8. The van der Waals surface area contributed by atoms with Gasteiger partial charge in [0.05, 0.1) is 5.75 Å². The zero-order valence-corrected chi connectivity index (χ0v) is 17.8. The number of rotatable bonds is 7. The summed E-state index contributed by atoms with van der Waals surface area (Å²) < 4.78 is 25.9. The second-order valence-electron chi connectivity index (χ2n) is 7.77. The van der Waals surface area contributed by atoms with Crippen LogP contribution in [0.1, 0.15) is 43.2 Å². The Bertz CT molecular complexity index is 775. The molecule has 0 aromatic heterocycles. The first-order chi connectivity index (χ1) is 13.5. The van der Waals surface area contributed by atoms with E-state index in [0.717, 1.165) is 36.1 Å². The van der Waals surface area contributed by atoms with Crippen molar-refractivity contribution in [1.29, 1.82) is 0 Å². The molecule has 1 unspecified atom stereocenters. The molecule has 0 radical (unpaired) electrons. The molecule has 28 heavy (non-hydrogen) atoms. The van der Waals surface area contributed by atoms with Gasteiger partial charge >= 0.3 is 0 Å². The zero-order chi connectivity index (χ0) is 20.0. The molecule has 3 rings (SSSR count). The molecule has 1 saturated heterocycles. The molecule has 156 valence electrons. The Kier molecular flexibility index (Phi) is 7.31. The lowest BCUT2D eigenvalue weighted by Gasteiger charge is -2.24. The van der Waals surface area contributed by atoms with Crippen molar-refractivity contribution >= 4 is 16.0 Å². The Morgan fingerprint density at radius 2 is 1.96 bits per heavy atom. The van der Waals surface area contributed by atoms with Gasteiger partial charge in [-0.15, -0.1) is 0 Å². The number of nitrogens with zero attached hydrogens (tertiary/aromatic N) is 2. The highest BCUT2D eigenvalue weighted by atomic mass is 32.2. The molecule has 3 N–H and O–H groups in total. The molecule has 0 amide bonds. The molecule has 2 aliphatic rings. The van der Waals surface area contributed by atoms with Crippen molar-refractivity contribution in [3.8, 4) is 0 Å². The van der Waals surface area contributed by atoms with Gasteiger partial charge in [0.2, 0.25) is 10.0 Å². The number of sulfonamides is 1. The van der Waals surface area contributed by atoms with Crippen LogP contribution in [-0.4, -0.2) is 58.5 Å². The van der Waals surface area contributed by atoms with E-state index in [1.807, 2.05) is 24.3 Å². The quantitative estimate of drug-likeness (QED) is 0.470. The maximum Gasteiger partial charge on any atom is 0.215 e. The minimum atomic E-state index is -3.26. The minimum Gasteiger partial charge on any atom is -0.352 e. The summed E-state index contributed by atoms with van der Waals surface area (Å²) in [6.07, 6.45) is 6.58. The van der Waals surface area contributed by atoms with Crippen molar-refractivity contribution in [1.82, 2.24) is 20.3 Å². The van der Waals surface area contributed by atoms with Crippen LogP contribution in [0.2, 0.25) is 0 Å². The average Bonchev–Trinajstić information content (AvgIpc) is 3.36. The van der Waals surface area contributed by atoms with Gasteiger partial charge in [-0.2, -0.15) is 0 Å². The topological polar surface area (TPSA) is 85.8 Å². The Morgan fingerprint density at radius 3 is 2.68 bits per heavy atom. The molecule has 1 aromatic rings. The van der Waals surface area contributed by atoms with E-state index in [4.69, 9.17) is 0 Å². The first-order valence-electron chi connectivity index (χ1n) is 10.2. The summed E-state index contributed by atoms with van der Waals surface area (Å²) in [6, 6.07) is 8.85. The van der Waals surface area contributed by atoms with Crippen LogP contribution in [0.4, 0.5) is 0 Å². The summed E-state index contributed by atoms with van der Waals surface area (Å²) in [5, 5.41) is 6.90. The van der Waals surface area contributed by atoms with Crippen molar-refractivity contribution in [3.05, 3.63) is 35.4 Å². The standard InChI is InChI=1S/C20H33N5O2S/c1-21-20(24-18-10-11-25(14-18)19-8-3-4-9-19)23-13-16-6-5-7-17(12-16)15-28(26,27)22-2/h5-7,12,18-19,22H,3-4,8-11,13-15H2,1-2H3,(H2,21,23,24). The van der Waals surface area contributed by atoms with Crippen LogP contribution in [0.3, 0.4) is 0 Å². The van der Waals surface area contributed by atoms with Crippen molar-refractivity contribution in [2.24, 2.45) is 4.99 Å². The van der Waals surface area contributed by atoms with Gasteiger partial charge in [-0.25, -0.2) is 13.1 Å². The Morgan fingerprint density at radius 1 is 1.21 bits per heavy atom. The van der Waals surface area contributed by atoms with Crippen LogP contribution >= 0.6 is 0 Å². The molecule has 0 bridgehead atoms. The van der Waals surface area contributed by atoms with Gasteiger partial charge in [-0.1, -0.05) is 37.1 Å². The zero-order valence-electron chi connectivity index (χ0n) is 16.9. The highest BCUT2D eigenvalue weighted by molar-refractivity contribution is 7.88. The van der Waals surface area contributed by atoms with Crippen LogP contribution in [-0.2, 0) is 22.3 Å². The average molecular weight is 408 g/mol. The van der Waals surface area contributed by atoms with Gasteiger partial charge in [-0.3, -0.25) is 9.89 Å². The van der Waals surface area contributed by atoms with E-state index < -0.39 is 10.0 Å². The fourth-order valence-corrected chi connectivity index (χ4v) is 4.96. The molecule has 2 fully saturated rings. The number of guanidine groups is 1. The summed E-state index contributed by atoms with van der Waals surface area (Å²) >= 11 is 0. The van der Waals surface area contributed by atoms with Gasteiger partial charge in [0, 0.05) is 38.8 Å². The monoisotopic (exact) mass is 407 g/mol. The van der Waals surface area contributed by atoms with Gasteiger partial charge in [0.25, 0.3) is 0 Å². The molecule has 1 aliphatic heterocycles. The third-order valence-electron chi connectivity index (χ3n) is 5.74. The van der Waals surface area contributed by atoms with Crippen LogP contribution in [0.25, 0.3) is 0 Å². The summed E-state index contributed by atoms with van der Waals surface area (Å²) in [4.78, 5) is 6.98. The number of aliphatic imine (C=N–C) groups is 1.